The van der Waals surface area contributed by atoms with Crippen LogP contribution < -0.4 is 9.64 Å². The maximum Gasteiger partial charge on any atom is 0.246 e. The van der Waals surface area contributed by atoms with E-state index in [-0.39, 0.29) is 6.04 Å². The van der Waals surface area contributed by atoms with Gasteiger partial charge >= 0.3 is 0 Å². The molecule has 0 unspecified atom stereocenters. The third-order valence-corrected chi connectivity index (χ3v) is 4.45. The molecule has 0 N–H and O–H groups in total. The lowest BCUT2D eigenvalue weighted by Crippen LogP contribution is -2.24. The van der Waals surface area contributed by atoms with Crippen LogP contribution in [-0.4, -0.2) is 29.3 Å². The van der Waals surface area contributed by atoms with Gasteiger partial charge in [-0.2, -0.15) is 5.10 Å². The molecule has 0 aliphatic carbocycles. The molecule has 1 atom stereocenters. The van der Waals surface area contributed by atoms with E-state index in [0.29, 0.717) is 5.95 Å². The number of aryl methyl sites for hydroxylation is 1. The maximum atomic E-state index is 5.48. The van der Waals surface area contributed by atoms with Gasteiger partial charge in [-0.3, -0.25) is 0 Å². The molecule has 0 aliphatic rings. The van der Waals surface area contributed by atoms with Crippen LogP contribution in [0.5, 0.6) is 5.75 Å². The molecule has 2 aromatic carbocycles. The van der Waals surface area contributed by atoms with Gasteiger partial charge in [0.05, 0.1) is 25.0 Å². The van der Waals surface area contributed by atoms with E-state index in [1.165, 1.54) is 0 Å². The van der Waals surface area contributed by atoms with Gasteiger partial charge in [-0.25, -0.2) is 4.98 Å². The van der Waals surface area contributed by atoms with Crippen molar-refractivity contribution in [1.82, 2.24) is 15.2 Å². The molecule has 128 valence electrons. The van der Waals surface area contributed by atoms with E-state index in [2.05, 4.69) is 36.2 Å². The van der Waals surface area contributed by atoms with Crippen molar-refractivity contribution in [3.63, 3.8) is 0 Å². The molecule has 1 heterocycles. The molecule has 5 heteroatoms. The molecule has 3 rings (SSSR count). The van der Waals surface area contributed by atoms with Crippen molar-refractivity contribution < 1.29 is 4.74 Å². The van der Waals surface area contributed by atoms with Crippen molar-refractivity contribution in [3.05, 3.63) is 65.9 Å². The maximum absolute atomic E-state index is 5.48. The lowest BCUT2D eigenvalue weighted by molar-refractivity contribution is 0.406. The summed E-state index contributed by atoms with van der Waals surface area (Å²) in [5, 5.41) is 8.38. The van der Waals surface area contributed by atoms with Crippen LogP contribution in [0.25, 0.3) is 11.3 Å². The lowest BCUT2D eigenvalue weighted by Gasteiger charge is -2.26. The molecule has 5 nitrogen and oxygen atoms in total. The average molecular weight is 334 g/mol. The number of hydrogen-bond acceptors (Lipinski definition) is 5. The normalized spacial score (nSPS) is 11.8. The molecule has 0 radical (unpaired) electrons. The molecule has 0 saturated heterocycles. The van der Waals surface area contributed by atoms with Crippen molar-refractivity contribution in [3.8, 4) is 17.0 Å². The molecule has 0 spiro atoms. The van der Waals surface area contributed by atoms with Gasteiger partial charge in [-0.1, -0.05) is 42.5 Å². The third-order valence-electron chi connectivity index (χ3n) is 4.45. The van der Waals surface area contributed by atoms with E-state index >= 15 is 0 Å². The Morgan fingerprint density at radius 3 is 2.52 bits per heavy atom. The van der Waals surface area contributed by atoms with Crippen LogP contribution in [-0.2, 0) is 0 Å². The quantitative estimate of drug-likeness (QED) is 0.704. The summed E-state index contributed by atoms with van der Waals surface area (Å²) in [5.41, 5.74) is 4.13. The second-order valence-corrected chi connectivity index (χ2v) is 5.99. The fraction of sp³-hybridized carbons (Fsp3) is 0.250. The Hall–Kier alpha value is -2.95. The number of methoxy groups -OCH3 is 1. The minimum atomic E-state index is 0.0464. The summed E-state index contributed by atoms with van der Waals surface area (Å²) < 4.78 is 5.48. The average Bonchev–Trinajstić information content (AvgIpc) is 2.67. The Balaban J connectivity index is 1.94. The first-order chi connectivity index (χ1) is 12.1. The minimum absolute atomic E-state index is 0.0464. The molecule has 0 saturated carbocycles. The summed E-state index contributed by atoms with van der Waals surface area (Å²) in [6.07, 6.45) is 1.70. The smallest absolute Gasteiger partial charge is 0.246 e. The summed E-state index contributed by atoms with van der Waals surface area (Å²) in [6, 6.07) is 16.2. The number of anilines is 1. The van der Waals surface area contributed by atoms with E-state index in [1.54, 1.807) is 13.3 Å². The number of hydrogen-bond donors (Lipinski definition) is 0. The van der Waals surface area contributed by atoms with E-state index in [4.69, 9.17) is 9.72 Å². The molecular formula is C20H22N4O. The first kappa shape index (κ1) is 16.9. The van der Waals surface area contributed by atoms with Crippen molar-refractivity contribution >= 4 is 5.95 Å². The highest BCUT2D eigenvalue weighted by Gasteiger charge is 2.19. The van der Waals surface area contributed by atoms with Gasteiger partial charge in [0.25, 0.3) is 0 Å². The first-order valence-corrected chi connectivity index (χ1v) is 8.23. The highest BCUT2D eigenvalue weighted by atomic mass is 16.5. The van der Waals surface area contributed by atoms with Gasteiger partial charge < -0.3 is 9.64 Å². The van der Waals surface area contributed by atoms with E-state index < -0.39 is 0 Å². The van der Waals surface area contributed by atoms with Crippen LogP contribution in [0, 0.1) is 6.92 Å². The van der Waals surface area contributed by atoms with Gasteiger partial charge in [0, 0.05) is 18.2 Å². The van der Waals surface area contributed by atoms with Crippen LogP contribution in [0.1, 0.15) is 24.1 Å². The Morgan fingerprint density at radius 1 is 1.04 bits per heavy atom. The van der Waals surface area contributed by atoms with Gasteiger partial charge in [-0.05, 0) is 25.5 Å². The molecule has 0 aliphatic heterocycles. The zero-order valence-electron chi connectivity index (χ0n) is 15.0. The highest BCUT2D eigenvalue weighted by Crippen LogP contribution is 2.30. The zero-order valence-corrected chi connectivity index (χ0v) is 15.0. The van der Waals surface area contributed by atoms with E-state index in [0.717, 1.165) is 28.1 Å². The SMILES string of the molecule is COc1ccccc1[C@H](C)N(C)c1nncc(-c2ccccc2C)n1. The van der Waals surface area contributed by atoms with Crippen molar-refractivity contribution in [2.75, 3.05) is 19.1 Å². The molecular weight excluding hydrogens is 312 g/mol. The lowest BCUT2D eigenvalue weighted by atomic mass is 10.1. The van der Waals surface area contributed by atoms with Crippen LogP contribution in [0.4, 0.5) is 5.95 Å². The highest BCUT2D eigenvalue weighted by molar-refractivity contribution is 5.63. The van der Waals surface area contributed by atoms with E-state index in [1.807, 2.05) is 48.3 Å². The molecule has 25 heavy (non-hydrogen) atoms. The van der Waals surface area contributed by atoms with Gasteiger partial charge in [0.2, 0.25) is 5.95 Å². The van der Waals surface area contributed by atoms with Crippen LogP contribution in [0.3, 0.4) is 0 Å². The summed E-state index contributed by atoms with van der Waals surface area (Å²) in [6.45, 7) is 4.17. The number of para-hydroxylation sites is 1. The summed E-state index contributed by atoms with van der Waals surface area (Å²) in [7, 11) is 3.65. The van der Waals surface area contributed by atoms with Crippen molar-refractivity contribution in [1.29, 1.82) is 0 Å². The first-order valence-electron chi connectivity index (χ1n) is 8.23. The third kappa shape index (κ3) is 3.45. The van der Waals surface area contributed by atoms with Gasteiger partial charge in [0.15, 0.2) is 0 Å². The number of aromatic nitrogens is 3. The molecule has 1 aromatic heterocycles. The van der Waals surface area contributed by atoms with Gasteiger partial charge in [0.1, 0.15) is 5.75 Å². The van der Waals surface area contributed by atoms with Gasteiger partial charge in [-0.15, -0.1) is 5.10 Å². The topological polar surface area (TPSA) is 51.1 Å². The number of benzene rings is 2. The fourth-order valence-corrected chi connectivity index (χ4v) is 2.83. The molecule has 3 aromatic rings. The Bertz CT molecular complexity index is 866. The Morgan fingerprint density at radius 2 is 1.76 bits per heavy atom. The van der Waals surface area contributed by atoms with Crippen molar-refractivity contribution in [2.24, 2.45) is 0 Å². The Labute approximate surface area is 148 Å². The van der Waals surface area contributed by atoms with Crippen LogP contribution in [0.15, 0.2) is 54.7 Å². The van der Waals surface area contributed by atoms with Crippen LogP contribution >= 0.6 is 0 Å². The number of nitrogens with zero attached hydrogens (tertiary/aromatic N) is 4. The number of rotatable bonds is 5. The van der Waals surface area contributed by atoms with Crippen LogP contribution in [0.2, 0.25) is 0 Å². The number of ether oxygens (including phenoxy) is 1. The Kier molecular flexibility index (Phi) is 4.93. The largest absolute Gasteiger partial charge is 0.496 e. The molecule has 0 amide bonds. The molecule has 0 bridgehead atoms. The summed E-state index contributed by atoms with van der Waals surface area (Å²) >= 11 is 0. The monoisotopic (exact) mass is 334 g/mol. The van der Waals surface area contributed by atoms with E-state index in [9.17, 15) is 0 Å². The van der Waals surface area contributed by atoms with Crippen molar-refractivity contribution in [2.45, 2.75) is 19.9 Å². The minimum Gasteiger partial charge on any atom is -0.496 e. The zero-order chi connectivity index (χ0) is 17.8. The second-order valence-electron chi connectivity index (χ2n) is 5.99. The predicted octanol–water partition coefficient (Wildman–Crippen LogP) is 4.05. The standard InChI is InChI=1S/C20H22N4O/c1-14-9-5-6-10-16(14)18-13-21-23-20(22-18)24(3)15(2)17-11-7-8-12-19(17)25-4/h5-13,15H,1-4H3/t15-/m0/s1. The predicted molar refractivity (Wildman–Crippen MR) is 99.8 cm³/mol. The summed E-state index contributed by atoms with van der Waals surface area (Å²) in [4.78, 5) is 6.72. The second kappa shape index (κ2) is 7.30. The molecule has 0 fully saturated rings. The fourth-order valence-electron chi connectivity index (χ4n) is 2.83. The summed E-state index contributed by atoms with van der Waals surface area (Å²) in [5.74, 6) is 1.43.